The molecule has 2 rings (SSSR count). The van der Waals surface area contributed by atoms with Gasteiger partial charge in [0.1, 0.15) is 5.82 Å². The molecule has 0 amide bonds. The first-order chi connectivity index (χ1) is 9.11. The monoisotopic (exact) mass is 259 g/mol. The Kier molecular flexibility index (Phi) is 3.80. The molecule has 0 atom stereocenters. The number of nitrogens with one attached hydrogen (secondary N) is 1. The molecule has 19 heavy (non-hydrogen) atoms. The number of nitrogens with zero attached hydrogens (tertiary/aromatic N) is 5. The lowest BCUT2D eigenvalue weighted by molar-refractivity contribution is 0.609. The van der Waals surface area contributed by atoms with Crippen LogP contribution < -0.4 is 10.6 Å². The normalized spacial score (nSPS) is 10.8. The molecule has 0 spiro atoms. The molecule has 0 radical (unpaired) electrons. The van der Waals surface area contributed by atoms with E-state index in [2.05, 4.69) is 45.0 Å². The van der Waals surface area contributed by atoms with E-state index >= 15 is 0 Å². The smallest absolute Gasteiger partial charge is 0.224 e. The summed E-state index contributed by atoms with van der Waals surface area (Å²) in [4.78, 5) is 10.5. The van der Waals surface area contributed by atoms with Crippen LogP contribution in [-0.2, 0) is 0 Å². The number of fused-ring (bicyclic) bond motifs is 1. The fourth-order valence-electron chi connectivity index (χ4n) is 1.99. The molecule has 0 aromatic carbocycles. The number of H-pyrrole nitrogens is 1. The van der Waals surface area contributed by atoms with Crippen molar-refractivity contribution in [1.29, 1.82) is 5.26 Å². The van der Waals surface area contributed by atoms with E-state index in [1.54, 1.807) is 6.20 Å². The van der Waals surface area contributed by atoms with Gasteiger partial charge in [0.05, 0.1) is 24.1 Å². The summed E-state index contributed by atoms with van der Waals surface area (Å²) in [5, 5.41) is 16.4. The first-order valence-corrected chi connectivity index (χ1v) is 6.20. The summed E-state index contributed by atoms with van der Waals surface area (Å²) in [7, 11) is 0. The molecule has 7 heteroatoms. The van der Waals surface area contributed by atoms with Crippen LogP contribution in [0.1, 0.15) is 20.3 Å². The van der Waals surface area contributed by atoms with Crippen molar-refractivity contribution < 1.29 is 0 Å². The quantitative estimate of drug-likeness (QED) is 0.838. The predicted molar refractivity (Wildman–Crippen MR) is 73.4 cm³/mol. The zero-order valence-corrected chi connectivity index (χ0v) is 11.1. The van der Waals surface area contributed by atoms with Crippen LogP contribution in [0.3, 0.4) is 0 Å². The van der Waals surface area contributed by atoms with E-state index in [1.807, 2.05) is 0 Å². The van der Waals surface area contributed by atoms with E-state index in [1.165, 1.54) is 0 Å². The molecule has 0 aliphatic carbocycles. The zero-order chi connectivity index (χ0) is 13.8. The van der Waals surface area contributed by atoms with Gasteiger partial charge in [0, 0.05) is 13.1 Å². The van der Waals surface area contributed by atoms with E-state index in [4.69, 9.17) is 11.0 Å². The maximum Gasteiger partial charge on any atom is 0.224 e. The van der Waals surface area contributed by atoms with E-state index in [-0.39, 0.29) is 5.95 Å². The van der Waals surface area contributed by atoms with Crippen molar-refractivity contribution in [3.8, 4) is 6.07 Å². The molecule has 100 valence electrons. The summed E-state index contributed by atoms with van der Waals surface area (Å²) < 4.78 is 0. The summed E-state index contributed by atoms with van der Waals surface area (Å²) >= 11 is 0. The van der Waals surface area contributed by atoms with Gasteiger partial charge in [-0.15, -0.1) is 0 Å². The third kappa shape index (κ3) is 2.91. The predicted octanol–water partition coefficient (Wildman–Crippen LogP) is 1.31. The molecule has 0 aliphatic rings. The molecule has 0 aliphatic heterocycles. The minimum absolute atomic E-state index is 0.206. The second kappa shape index (κ2) is 5.52. The molecule has 0 saturated heterocycles. The van der Waals surface area contributed by atoms with Crippen molar-refractivity contribution in [3.63, 3.8) is 0 Å². The largest absolute Gasteiger partial charge is 0.368 e. The maximum atomic E-state index is 8.77. The second-order valence-corrected chi connectivity index (χ2v) is 4.79. The molecule has 0 bridgehead atoms. The van der Waals surface area contributed by atoms with Crippen molar-refractivity contribution in [3.05, 3.63) is 6.20 Å². The lowest BCUT2D eigenvalue weighted by Gasteiger charge is -2.25. The summed E-state index contributed by atoms with van der Waals surface area (Å²) in [6.45, 7) is 5.66. The SMILES string of the molecule is CC(C)CN(CCC#N)c1nc(N)nc2[nH]ncc12. The number of nitriles is 1. The minimum atomic E-state index is 0.206. The third-order valence-electron chi connectivity index (χ3n) is 2.69. The number of rotatable bonds is 5. The van der Waals surface area contributed by atoms with Crippen LogP contribution in [0.5, 0.6) is 0 Å². The second-order valence-electron chi connectivity index (χ2n) is 4.79. The van der Waals surface area contributed by atoms with Crippen molar-refractivity contribution in [2.24, 2.45) is 5.92 Å². The van der Waals surface area contributed by atoms with Gasteiger partial charge >= 0.3 is 0 Å². The molecular formula is C12H17N7. The maximum absolute atomic E-state index is 8.77. The van der Waals surface area contributed by atoms with Gasteiger partial charge in [-0.1, -0.05) is 13.8 Å². The van der Waals surface area contributed by atoms with Crippen molar-refractivity contribution in [2.75, 3.05) is 23.7 Å². The Hall–Kier alpha value is -2.36. The van der Waals surface area contributed by atoms with Crippen LogP contribution >= 0.6 is 0 Å². The van der Waals surface area contributed by atoms with Gasteiger partial charge in [-0.05, 0) is 5.92 Å². The lowest BCUT2D eigenvalue weighted by Crippen LogP contribution is -2.29. The van der Waals surface area contributed by atoms with Gasteiger partial charge in [-0.3, -0.25) is 5.10 Å². The average Bonchev–Trinajstić information content (AvgIpc) is 2.80. The first kappa shape index (κ1) is 13.1. The lowest BCUT2D eigenvalue weighted by atomic mass is 10.2. The highest BCUT2D eigenvalue weighted by molar-refractivity contribution is 5.87. The molecule has 2 heterocycles. The van der Waals surface area contributed by atoms with Crippen LogP contribution in [-0.4, -0.2) is 33.3 Å². The fourth-order valence-corrected chi connectivity index (χ4v) is 1.99. The molecular weight excluding hydrogens is 242 g/mol. The van der Waals surface area contributed by atoms with E-state index in [0.717, 1.165) is 17.7 Å². The highest BCUT2D eigenvalue weighted by Gasteiger charge is 2.16. The van der Waals surface area contributed by atoms with Crippen LogP contribution in [0.4, 0.5) is 11.8 Å². The Morgan fingerprint density at radius 3 is 2.95 bits per heavy atom. The molecule has 0 fully saturated rings. The number of nitrogen functional groups attached to an aromatic ring is 1. The topological polar surface area (TPSA) is 108 Å². The van der Waals surface area contributed by atoms with Crippen LogP contribution in [0.15, 0.2) is 6.20 Å². The Morgan fingerprint density at radius 2 is 2.26 bits per heavy atom. The molecule has 0 saturated carbocycles. The Labute approximate surface area is 111 Å². The van der Waals surface area contributed by atoms with Gasteiger partial charge in [0.15, 0.2) is 5.65 Å². The number of hydrogen-bond donors (Lipinski definition) is 2. The summed E-state index contributed by atoms with van der Waals surface area (Å²) in [5.41, 5.74) is 6.34. The van der Waals surface area contributed by atoms with E-state index < -0.39 is 0 Å². The van der Waals surface area contributed by atoms with Gasteiger partial charge in [0.2, 0.25) is 5.95 Å². The van der Waals surface area contributed by atoms with Crippen molar-refractivity contribution in [2.45, 2.75) is 20.3 Å². The standard InChI is InChI=1S/C12H17N7/c1-8(2)7-19(5-3-4-13)11-9-6-15-18-10(9)16-12(14)17-11/h6,8H,3,5,7H2,1-2H3,(H3,14,15,16,17,18). The summed E-state index contributed by atoms with van der Waals surface area (Å²) in [6, 6.07) is 2.16. The zero-order valence-electron chi connectivity index (χ0n) is 11.1. The number of aromatic nitrogens is 4. The molecule has 2 aromatic rings. The van der Waals surface area contributed by atoms with Gasteiger partial charge in [0.25, 0.3) is 0 Å². The molecule has 7 nitrogen and oxygen atoms in total. The highest BCUT2D eigenvalue weighted by Crippen LogP contribution is 2.23. The Morgan fingerprint density at radius 1 is 1.47 bits per heavy atom. The van der Waals surface area contributed by atoms with E-state index in [0.29, 0.717) is 24.5 Å². The van der Waals surface area contributed by atoms with Gasteiger partial charge in [-0.25, -0.2) is 0 Å². The van der Waals surface area contributed by atoms with Crippen molar-refractivity contribution in [1.82, 2.24) is 20.2 Å². The number of nitrogens with two attached hydrogens (primary N) is 1. The minimum Gasteiger partial charge on any atom is -0.368 e. The molecule has 3 N–H and O–H groups in total. The van der Waals surface area contributed by atoms with Gasteiger partial charge in [-0.2, -0.15) is 20.3 Å². The van der Waals surface area contributed by atoms with Crippen LogP contribution in [0.2, 0.25) is 0 Å². The summed E-state index contributed by atoms with van der Waals surface area (Å²) in [6.07, 6.45) is 2.12. The van der Waals surface area contributed by atoms with E-state index in [9.17, 15) is 0 Å². The average molecular weight is 259 g/mol. The van der Waals surface area contributed by atoms with Gasteiger partial charge < -0.3 is 10.6 Å². The Balaban J connectivity index is 2.42. The summed E-state index contributed by atoms with van der Waals surface area (Å²) in [5.74, 6) is 1.40. The highest BCUT2D eigenvalue weighted by atomic mass is 15.2. The Bertz CT molecular complexity index is 596. The fraction of sp³-hybridized carbons (Fsp3) is 0.500. The van der Waals surface area contributed by atoms with Crippen molar-refractivity contribution >= 4 is 22.8 Å². The molecule has 2 aromatic heterocycles. The van der Waals surface area contributed by atoms with Crippen LogP contribution in [0, 0.1) is 17.2 Å². The first-order valence-electron chi connectivity index (χ1n) is 6.20. The number of aromatic amines is 1. The number of anilines is 2. The molecule has 0 unspecified atom stereocenters. The van der Waals surface area contributed by atoms with Crippen LogP contribution in [0.25, 0.3) is 11.0 Å². The number of hydrogen-bond acceptors (Lipinski definition) is 6. The third-order valence-corrected chi connectivity index (χ3v) is 2.69.